The van der Waals surface area contributed by atoms with Crippen LogP contribution in [0.2, 0.25) is 0 Å². The molecule has 0 aliphatic heterocycles. The van der Waals surface area contributed by atoms with Gasteiger partial charge in [-0.05, 0) is 54.7 Å². The lowest BCUT2D eigenvalue weighted by atomic mass is 10.1. The normalized spacial score (nSPS) is 11.0. The number of sulfonamides is 1. The molecule has 10 heteroatoms. The number of amides is 2. The minimum Gasteiger partial charge on any atom is -0.332 e. The monoisotopic (exact) mass is 420 g/mol. The molecule has 0 unspecified atom stereocenters. The lowest BCUT2D eigenvalue weighted by Gasteiger charge is -2.11. The molecular weight excluding hydrogens is 400 g/mol. The fourth-order valence-corrected chi connectivity index (χ4v) is 2.82. The molecule has 0 aliphatic carbocycles. The maximum Gasteiger partial charge on any atom is 0.257 e. The number of thiocarbonyl (C=S) groups is 1. The number of hydrogen-bond donors (Lipinski definition) is 4. The van der Waals surface area contributed by atoms with Crippen molar-refractivity contribution in [2.75, 3.05) is 10.6 Å². The van der Waals surface area contributed by atoms with Crippen LogP contribution >= 0.6 is 12.2 Å². The summed E-state index contributed by atoms with van der Waals surface area (Å²) >= 11 is 5.10. The highest BCUT2D eigenvalue weighted by Gasteiger charge is 2.12. The Balaban J connectivity index is 2.00. The number of nitrogens with two attached hydrogens (primary N) is 1. The molecule has 5 N–H and O–H groups in total. The Morgan fingerprint density at radius 1 is 1.00 bits per heavy atom. The number of carbonyl (C=O) groups excluding carboxylic acids is 2. The van der Waals surface area contributed by atoms with Gasteiger partial charge < -0.3 is 10.6 Å². The largest absolute Gasteiger partial charge is 0.332 e. The molecule has 0 aliphatic rings. The van der Waals surface area contributed by atoms with Crippen LogP contribution in [0, 0.1) is 5.92 Å². The second-order valence-electron chi connectivity index (χ2n) is 6.20. The fraction of sp³-hybridized carbons (Fsp3) is 0.167. The van der Waals surface area contributed by atoms with Crippen LogP contribution in [-0.4, -0.2) is 25.3 Å². The van der Waals surface area contributed by atoms with Gasteiger partial charge in [0.25, 0.3) is 5.91 Å². The van der Waals surface area contributed by atoms with E-state index in [0.29, 0.717) is 16.9 Å². The van der Waals surface area contributed by atoms with Gasteiger partial charge in [0, 0.05) is 22.9 Å². The average molecular weight is 421 g/mol. The molecule has 0 heterocycles. The summed E-state index contributed by atoms with van der Waals surface area (Å²) in [5.74, 6) is -0.799. The number of rotatable bonds is 5. The van der Waals surface area contributed by atoms with Gasteiger partial charge in [0.2, 0.25) is 15.9 Å². The van der Waals surface area contributed by atoms with Crippen molar-refractivity contribution < 1.29 is 18.0 Å². The molecule has 0 atom stereocenters. The smallest absolute Gasteiger partial charge is 0.257 e. The molecule has 2 rings (SSSR count). The maximum atomic E-state index is 12.4. The minimum atomic E-state index is -3.78. The first-order chi connectivity index (χ1) is 13.1. The molecule has 148 valence electrons. The molecule has 0 spiro atoms. The molecule has 0 aromatic heterocycles. The summed E-state index contributed by atoms with van der Waals surface area (Å²) in [5, 5.41) is 13.1. The number of carbonyl (C=O) groups is 2. The standard InChI is InChI=1S/C18H20N4O4S2/c1-11(2)16(23)20-14-5-3-4-12(10-14)17(24)22-18(27)21-13-6-8-15(9-7-13)28(19,25)26/h3-11H,1-2H3,(H,20,23)(H2,19,25,26)(H2,21,22,24,27). The topological polar surface area (TPSA) is 130 Å². The van der Waals surface area contributed by atoms with E-state index in [0.717, 1.165) is 0 Å². The van der Waals surface area contributed by atoms with E-state index in [4.69, 9.17) is 17.4 Å². The Morgan fingerprint density at radius 3 is 2.21 bits per heavy atom. The predicted molar refractivity (Wildman–Crippen MR) is 111 cm³/mol. The zero-order valence-corrected chi connectivity index (χ0v) is 16.9. The van der Waals surface area contributed by atoms with Crippen LogP contribution in [0.3, 0.4) is 0 Å². The predicted octanol–water partition coefficient (Wildman–Crippen LogP) is 2.06. The summed E-state index contributed by atoms with van der Waals surface area (Å²) in [6.45, 7) is 3.54. The number of nitrogens with one attached hydrogen (secondary N) is 3. The summed E-state index contributed by atoms with van der Waals surface area (Å²) in [4.78, 5) is 24.1. The third kappa shape index (κ3) is 6.12. The summed E-state index contributed by atoms with van der Waals surface area (Å²) in [6.07, 6.45) is 0. The van der Waals surface area contributed by atoms with Crippen molar-refractivity contribution in [3.05, 3.63) is 54.1 Å². The van der Waals surface area contributed by atoms with Crippen molar-refractivity contribution in [3.63, 3.8) is 0 Å². The number of primary sulfonamides is 1. The average Bonchev–Trinajstić information content (AvgIpc) is 2.61. The number of anilines is 2. The molecule has 0 radical (unpaired) electrons. The lowest BCUT2D eigenvalue weighted by molar-refractivity contribution is -0.118. The second-order valence-corrected chi connectivity index (χ2v) is 8.17. The first-order valence-electron chi connectivity index (χ1n) is 8.22. The lowest BCUT2D eigenvalue weighted by Crippen LogP contribution is -2.34. The molecule has 2 aromatic carbocycles. The van der Waals surface area contributed by atoms with Crippen LogP contribution in [0.5, 0.6) is 0 Å². The third-order valence-electron chi connectivity index (χ3n) is 3.58. The SMILES string of the molecule is CC(C)C(=O)Nc1cccc(C(=O)NC(=S)Nc2ccc(S(N)(=O)=O)cc2)c1. The van der Waals surface area contributed by atoms with E-state index in [-0.39, 0.29) is 21.8 Å². The van der Waals surface area contributed by atoms with E-state index in [1.165, 1.54) is 24.3 Å². The molecule has 2 aromatic rings. The third-order valence-corrected chi connectivity index (χ3v) is 4.72. The van der Waals surface area contributed by atoms with Gasteiger partial charge in [-0.2, -0.15) is 0 Å². The van der Waals surface area contributed by atoms with Crippen LogP contribution in [0.15, 0.2) is 53.4 Å². The van der Waals surface area contributed by atoms with Crippen molar-refractivity contribution in [2.45, 2.75) is 18.7 Å². The van der Waals surface area contributed by atoms with Gasteiger partial charge >= 0.3 is 0 Å². The molecule has 8 nitrogen and oxygen atoms in total. The van der Waals surface area contributed by atoms with E-state index in [1.807, 2.05) is 0 Å². The molecule has 28 heavy (non-hydrogen) atoms. The molecule has 0 saturated carbocycles. The summed E-state index contributed by atoms with van der Waals surface area (Å²) in [6, 6.07) is 12.0. The first kappa shape index (κ1) is 21.5. The van der Waals surface area contributed by atoms with Gasteiger partial charge in [0.15, 0.2) is 5.11 Å². The van der Waals surface area contributed by atoms with Crippen LogP contribution in [0.4, 0.5) is 11.4 Å². The van der Waals surface area contributed by atoms with Crippen molar-refractivity contribution in [2.24, 2.45) is 11.1 Å². The van der Waals surface area contributed by atoms with Crippen molar-refractivity contribution >= 4 is 50.5 Å². The molecular formula is C18H20N4O4S2. The van der Waals surface area contributed by atoms with Gasteiger partial charge in [0.05, 0.1) is 4.90 Å². The maximum absolute atomic E-state index is 12.4. The Hall–Kier alpha value is -2.82. The summed E-state index contributed by atoms with van der Waals surface area (Å²) in [7, 11) is -3.78. The summed E-state index contributed by atoms with van der Waals surface area (Å²) < 4.78 is 22.5. The zero-order valence-electron chi connectivity index (χ0n) is 15.2. The van der Waals surface area contributed by atoms with E-state index in [1.54, 1.807) is 38.1 Å². The number of hydrogen-bond acceptors (Lipinski definition) is 5. The van der Waals surface area contributed by atoms with Gasteiger partial charge in [-0.15, -0.1) is 0 Å². The van der Waals surface area contributed by atoms with Gasteiger partial charge in [-0.25, -0.2) is 13.6 Å². The summed E-state index contributed by atoms with van der Waals surface area (Å²) in [5.41, 5.74) is 1.30. The Kier molecular flexibility index (Phi) is 6.84. The highest BCUT2D eigenvalue weighted by Crippen LogP contribution is 2.14. The van der Waals surface area contributed by atoms with Gasteiger partial charge in [-0.1, -0.05) is 19.9 Å². The van der Waals surface area contributed by atoms with E-state index in [2.05, 4.69) is 16.0 Å². The van der Waals surface area contributed by atoms with Crippen molar-refractivity contribution in [1.82, 2.24) is 5.32 Å². The highest BCUT2D eigenvalue weighted by atomic mass is 32.2. The highest BCUT2D eigenvalue weighted by molar-refractivity contribution is 7.89. The second kappa shape index (κ2) is 8.91. The first-order valence-corrected chi connectivity index (χ1v) is 10.2. The molecule has 2 amide bonds. The quantitative estimate of drug-likeness (QED) is 0.548. The molecule has 0 fully saturated rings. The van der Waals surface area contributed by atoms with Crippen molar-refractivity contribution in [1.29, 1.82) is 0 Å². The van der Waals surface area contributed by atoms with Gasteiger partial charge in [-0.3, -0.25) is 14.9 Å². The van der Waals surface area contributed by atoms with Crippen molar-refractivity contribution in [3.8, 4) is 0 Å². The Labute approximate surface area is 168 Å². The zero-order chi connectivity index (χ0) is 20.9. The van der Waals surface area contributed by atoms with Crippen LogP contribution in [0.1, 0.15) is 24.2 Å². The molecule has 0 bridgehead atoms. The van der Waals surface area contributed by atoms with Crippen LogP contribution < -0.4 is 21.1 Å². The Bertz CT molecular complexity index is 1000. The number of benzene rings is 2. The fourth-order valence-electron chi connectivity index (χ4n) is 2.09. The van der Waals surface area contributed by atoms with E-state index in [9.17, 15) is 18.0 Å². The van der Waals surface area contributed by atoms with E-state index < -0.39 is 15.9 Å². The van der Waals surface area contributed by atoms with Crippen LogP contribution in [-0.2, 0) is 14.8 Å². The minimum absolute atomic E-state index is 0.0324. The Morgan fingerprint density at radius 2 is 1.64 bits per heavy atom. The van der Waals surface area contributed by atoms with Gasteiger partial charge in [0.1, 0.15) is 0 Å². The molecule has 0 saturated heterocycles. The van der Waals surface area contributed by atoms with E-state index >= 15 is 0 Å². The van der Waals surface area contributed by atoms with Crippen LogP contribution in [0.25, 0.3) is 0 Å².